The van der Waals surface area contributed by atoms with Gasteiger partial charge in [0.05, 0.1) is 0 Å². The molecule has 23 heavy (non-hydrogen) atoms. The molecule has 0 bridgehead atoms. The topological polar surface area (TPSA) is 66.9 Å². The molecule has 5 heteroatoms. The summed E-state index contributed by atoms with van der Waals surface area (Å²) in [5.74, 6) is 1.01. The number of benzene rings is 1. The molecule has 1 aromatic carbocycles. The number of aromatic nitrogens is 2. The van der Waals surface area contributed by atoms with Crippen LogP contribution in [0.25, 0.3) is 0 Å². The number of nitrogens with zero attached hydrogens (tertiary/aromatic N) is 2. The zero-order valence-corrected chi connectivity index (χ0v) is 14.4. The Labute approximate surface area is 137 Å². The number of hydrogen-bond acceptors (Lipinski definition) is 4. The highest BCUT2D eigenvalue weighted by molar-refractivity contribution is 5.93. The molecule has 5 nitrogen and oxygen atoms in total. The van der Waals surface area contributed by atoms with Gasteiger partial charge in [0.25, 0.3) is 5.91 Å². The third-order valence-corrected chi connectivity index (χ3v) is 3.84. The van der Waals surface area contributed by atoms with Crippen molar-refractivity contribution in [1.82, 2.24) is 15.3 Å². The maximum absolute atomic E-state index is 12.2. The van der Waals surface area contributed by atoms with Gasteiger partial charge < -0.3 is 10.6 Å². The van der Waals surface area contributed by atoms with Crippen LogP contribution in [0, 0.1) is 20.8 Å². The van der Waals surface area contributed by atoms with Gasteiger partial charge in [-0.25, -0.2) is 9.97 Å². The number of carbonyl (C=O) groups is 1. The summed E-state index contributed by atoms with van der Waals surface area (Å²) < 4.78 is 0. The Kier molecular flexibility index (Phi) is 5.32. The van der Waals surface area contributed by atoms with Crippen molar-refractivity contribution in [1.29, 1.82) is 0 Å². The van der Waals surface area contributed by atoms with Gasteiger partial charge in [0.2, 0.25) is 0 Å². The molecule has 1 heterocycles. The zero-order chi connectivity index (χ0) is 17.0. The maximum Gasteiger partial charge on any atom is 0.270 e. The molecule has 0 saturated heterocycles. The van der Waals surface area contributed by atoms with Crippen molar-refractivity contribution in [2.24, 2.45) is 0 Å². The van der Waals surface area contributed by atoms with E-state index >= 15 is 0 Å². The lowest BCUT2D eigenvalue weighted by atomic mass is 10.1. The summed E-state index contributed by atoms with van der Waals surface area (Å²) in [6.45, 7) is 9.93. The van der Waals surface area contributed by atoms with Crippen LogP contribution in [0.2, 0.25) is 0 Å². The lowest BCUT2D eigenvalue weighted by molar-refractivity contribution is 0.0934. The van der Waals surface area contributed by atoms with E-state index in [1.165, 1.54) is 11.1 Å². The largest absolute Gasteiger partial charge is 0.348 e. The molecule has 0 spiro atoms. The van der Waals surface area contributed by atoms with Gasteiger partial charge in [-0.2, -0.15) is 0 Å². The second kappa shape index (κ2) is 7.22. The fraction of sp³-hybridized carbons (Fsp3) is 0.389. The van der Waals surface area contributed by atoms with Crippen LogP contribution in [-0.2, 0) is 0 Å². The van der Waals surface area contributed by atoms with Gasteiger partial charge in [-0.05, 0) is 57.4 Å². The lowest BCUT2D eigenvalue weighted by Crippen LogP contribution is -2.32. The fourth-order valence-electron chi connectivity index (χ4n) is 2.11. The molecule has 0 saturated carbocycles. The molecule has 1 atom stereocenters. The summed E-state index contributed by atoms with van der Waals surface area (Å²) in [7, 11) is 0. The number of hydrogen-bond donors (Lipinski definition) is 2. The minimum atomic E-state index is -0.173. The predicted octanol–water partition coefficient (Wildman–Crippen LogP) is 3.67. The monoisotopic (exact) mass is 312 g/mol. The van der Waals surface area contributed by atoms with Gasteiger partial charge in [0.1, 0.15) is 17.3 Å². The zero-order valence-electron chi connectivity index (χ0n) is 14.4. The number of nitrogens with one attached hydrogen (secondary N) is 2. The summed E-state index contributed by atoms with van der Waals surface area (Å²) >= 11 is 0. The molecular formula is C18H24N4O. The molecule has 0 fully saturated rings. The third kappa shape index (κ3) is 4.52. The first-order valence-corrected chi connectivity index (χ1v) is 7.90. The molecule has 2 aromatic rings. The van der Waals surface area contributed by atoms with E-state index in [9.17, 15) is 4.79 Å². The highest BCUT2D eigenvalue weighted by Crippen LogP contribution is 2.19. The van der Waals surface area contributed by atoms with Crippen LogP contribution in [0.4, 0.5) is 11.5 Å². The SMILES string of the molecule is CCC(C)NC(=O)c1cc(Nc2ccc(C)c(C)c2)nc(C)n1. The minimum Gasteiger partial charge on any atom is -0.348 e. The summed E-state index contributed by atoms with van der Waals surface area (Å²) in [5.41, 5.74) is 3.77. The number of carbonyl (C=O) groups excluding carboxylic acids is 1. The third-order valence-electron chi connectivity index (χ3n) is 3.84. The molecule has 0 aliphatic heterocycles. The van der Waals surface area contributed by atoms with Crippen molar-refractivity contribution in [3.63, 3.8) is 0 Å². The molecule has 2 rings (SSSR count). The maximum atomic E-state index is 12.2. The van der Waals surface area contributed by atoms with E-state index in [-0.39, 0.29) is 11.9 Å². The summed E-state index contributed by atoms with van der Waals surface area (Å²) in [4.78, 5) is 20.8. The summed E-state index contributed by atoms with van der Waals surface area (Å²) in [6, 6.07) is 7.92. The molecule has 1 amide bonds. The van der Waals surface area contributed by atoms with Crippen LogP contribution in [0.3, 0.4) is 0 Å². The number of aryl methyl sites for hydroxylation is 3. The Morgan fingerprint density at radius 2 is 1.87 bits per heavy atom. The minimum absolute atomic E-state index is 0.119. The first kappa shape index (κ1) is 16.9. The quantitative estimate of drug-likeness (QED) is 0.884. The first-order valence-electron chi connectivity index (χ1n) is 7.90. The Balaban J connectivity index is 2.22. The Morgan fingerprint density at radius 1 is 1.13 bits per heavy atom. The molecule has 0 radical (unpaired) electrons. The molecule has 1 aromatic heterocycles. The summed E-state index contributed by atoms with van der Waals surface area (Å²) in [5, 5.41) is 6.17. The smallest absolute Gasteiger partial charge is 0.270 e. The molecule has 1 unspecified atom stereocenters. The van der Waals surface area contributed by atoms with Gasteiger partial charge in [0, 0.05) is 17.8 Å². The number of amides is 1. The normalized spacial score (nSPS) is 11.9. The Hall–Kier alpha value is -2.43. The van der Waals surface area contributed by atoms with E-state index < -0.39 is 0 Å². The van der Waals surface area contributed by atoms with Gasteiger partial charge in [-0.15, -0.1) is 0 Å². The van der Waals surface area contributed by atoms with Crippen molar-refractivity contribution in [2.45, 2.75) is 47.1 Å². The standard InChI is InChI=1S/C18H24N4O/c1-6-13(4)19-18(23)16-10-17(21-14(5)20-16)22-15-8-7-11(2)12(3)9-15/h7-10,13H,6H2,1-5H3,(H,19,23)(H,20,21,22). The average Bonchev–Trinajstić information content (AvgIpc) is 2.50. The highest BCUT2D eigenvalue weighted by Gasteiger charge is 2.12. The van der Waals surface area contributed by atoms with Crippen molar-refractivity contribution >= 4 is 17.4 Å². The van der Waals surface area contributed by atoms with Crippen molar-refractivity contribution in [2.75, 3.05) is 5.32 Å². The van der Waals surface area contributed by atoms with Gasteiger partial charge >= 0.3 is 0 Å². The van der Waals surface area contributed by atoms with Crippen molar-refractivity contribution < 1.29 is 4.79 Å². The van der Waals surface area contributed by atoms with E-state index in [1.807, 2.05) is 19.9 Å². The highest BCUT2D eigenvalue weighted by atomic mass is 16.1. The molecule has 0 aliphatic rings. The predicted molar refractivity (Wildman–Crippen MR) is 93.2 cm³/mol. The molecule has 0 aliphatic carbocycles. The number of anilines is 2. The van der Waals surface area contributed by atoms with Gasteiger partial charge in [-0.3, -0.25) is 4.79 Å². The second-order valence-corrected chi connectivity index (χ2v) is 5.89. The Morgan fingerprint density at radius 3 is 2.52 bits per heavy atom. The van der Waals surface area contributed by atoms with E-state index in [1.54, 1.807) is 13.0 Å². The van der Waals surface area contributed by atoms with Gasteiger partial charge in [0.15, 0.2) is 0 Å². The Bertz CT molecular complexity index is 712. The first-order chi connectivity index (χ1) is 10.9. The molecule has 2 N–H and O–H groups in total. The number of rotatable bonds is 5. The van der Waals surface area contributed by atoms with Crippen LogP contribution < -0.4 is 10.6 Å². The van der Waals surface area contributed by atoms with Crippen LogP contribution in [0.15, 0.2) is 24.3 Å². The van der Waals surface area contributed by atoms with E-state index in [0.717, 1.165) is 12.1 Å². The van der Waals surface area contributed by atoms with Crippen LogP contribution >= 0.6 is 0 Å². The van der Waals surface area contributed by atoms with Gasteiger partial charge in [-0.1, -0.05) is 13.0 Å². The second-order valence-electron chi connectivity index (χ2n) is 5.89. The van der Waals surface area contributed by atoms with E-state index in [4.69, 9.17) is 0 Å². The average molecular weight is 312 g/mol. The molecular weight excluding hydrogens is 288 g/mol. The fourth-order valence-corrected chi connectivity index (χ4v) is 2.11. The summed E-state index contributed by atoms with van der Waals surface area (Å²) in [6.07, 6.45) is 0.879. The lowest BCUT2D eigenvalue weighted by Gasteiger charge is -2.13. The van der Waals surface area contributed by atoms with Crippen molar-refractivity contribution in [3.05, 3.63) is 46.9 Å². The van der Waals surface area contributed by atoms with Crippen molar-refractivity contribution in [3.8, 4) is 0 Å². The molecule has 122 valence electrons. The van der Waals surface area contributed by atoms with E-state index in [0.29, 0.717) is 17.3 Å². The van der Waals surface area contributed by atoms with Crippen LogP contribution in [0.5, 0.6) is 0 Å². The van der Waals surface area contributed by atoms with E-state index in [2.05, 4.69) is 46.6 Å². The van der Waals surface area contributed by atoms with Crippen LogP contribution in [-0.4, -0.2) is 21.9 Å². The van der Waals surface area contributed by atoms with Crippen LogP contribution in [0.1, 0.15) is 47.7 Å².